The Morgan fingerprint density at radius 3 is 2.42 bits per heavy atom. The van der Waals surface area contributed by atoms with Gasteiger partial charge in [0.05, 0.1) is 11.5 Å². The van der Waals surface area contributed by atoms with Crippen LogP contribution in [-0.4, -0.2) is 49.9 Å². The van der Waals surface area contributed by atoms with E-state index >= 15 is 0 Å². The molecule has 0 radical (unpaired) electrons. The lowest BCUT2D eigenvalue weighted by Crippen LogP contribution is -2.41. The lowest BCUT2D eigenvalue weighted by Gasteiger charge is -2.27. The average Bonchev–Trinajstić information content (AvgIpc) is 2.54. The van der Waals surface area contributed by atoms with Gasteiger partial charge >= 0.3 is 0 Å². The minimum Gasteiger partial charge on any atom is -0.342 e. The Balaban J connectivity index is 2.50. The van der Waals surface area contributed by atoms with Crippen molar-refractivity contribution in [1.29, 1.82) is 0 Å². The predicted octanol–water partition coefficient (Wildman–Crippen LogP) is 0.785. The van der Waals surface area contributed by atoms with Crippen molar-refractivity contribution in [3.05, 3.63) is 0 Å². The second kappa shape index (κ2) is 5.79. The third kappa shape index (κ3) is 5.48. The van der Waals surface area contributed by atoms with E-state index in [0.29, 0.717) is 6.42 Å². The number of sulfone groups is 1. The zero-order valence-electron chi connectivity index (χ0n) is 12.3. The summed E-state index contributed by atoms with van der Waals surface area (Å²) in [6.07, 6.45) is 1.60. The van der Waals surface area contributed by atoms with Gasteiger partial charge in [-0.2, -0.15) is 0 Å². The maximum Gasteiger partial charge on any atom is 0.224 e. The standard InChI is InChI=1S/C13H26N2O3S/c1-13(2,3)8-10(14)7-12(16)15(4)11-5-6-19(17,18)9-11/h10-11H,5-9,14H2,1-4H3. The summed E-state index contributed by atoms with van der Waals surface area (Å²) >= 11 is 0. The maximum absolute atomic E-state index is 12.1. The van der Waals surface area contributed by atoms with E-state index in [2.05, 4.69) is 20.8 Å². The smallest absolute Gasteiger partial charge is 0.224 e. The minimum atomic E-state index is -2.96. The van der Waals surface area contributed by atoms with E-state index < -0.39 is 9.84 Å². The molecule has 0 aromatic rings. The SMILES string of the molecule is CN(C(=O)CC(N)CC(C)(C)C)C1CCS(=O)(=O)C1. The highest BCUT2D eigenvalue weighted by Gasteiger charge is 2.33. The quantitative estimate of drug-likeness (QED) is 0.830. The molecule has 1 amide bonds. The molecule has 1 aliphatic heterocycles. The molecule has 1 fully saturated rings. The van der Waals surface area contributed by atoms with Crippen LogP contribution in [0.1, 0.15) is 40.0 Å². The summed E-state index contributed by atoms with van der Waals surface area (Å²) in [7, 11) is -1.28. The highest BCUT2D eigenvalue weighted by molar-refractivity contribution is 7.91. The van der Waals surface area contributed by atoms with Crippen LogP contribution in [0.25, 0.3) is 0 Å². The van der Waals surface area contributed by atoms with Crippen molar-refractivity contribution in [2.75, 3.05) is 18.6 Å². The Labute approximate surface area is 116 Å². The molecular weight excluding hydrogens is 264 g/mol. The largest absolute Gasteiger partial charge is 0.342 e. The van der Waals surface area contributed by atoms with Crippen LogP contribution in [0.2, 0.25) is 0 Å². The van der Waals surface area contributed by atoms with Crippen molar-refractivity contribution in [3.8, 4) is 0 Å². The van der Waals surface area contributed by atoms with Gasteiger partial charge in [-0.15, -0.1) is 0 Å². The summed E-state index contributed by atoms with van der Waals surface area (Å²) in [5.41, 5.74) is 6.08. The first-order valence-corrected chi connectivity index (χ1v) is 8.54. The van der Waals surface area contributed by atoms with Gasteiger partial charge in [0.25, 0.3) is 0 Å². The van der Waals surface area contributed by atoms with Crippen LogP contribution in [0.3, 0.4) is 0 Å². The molecule has 0 aromatic carbocycles. The number of hydrogen-bond acceptors (Lipinski definition) is 4. The zero-order chi connectivity index (χ0) is 14.8. The summed E-state index contributed by atoms with van der Waals surface area (Å²) in [5, 5.41) is 0. The zero-order valence-corrected chi connectivity index (χ0v) is 13.2. The molecule has 0 aliphatic carbocycles. The van der Waals surface area contributed by atoms with E-state index in [4.69, 9.17) is 5.73 Å². The number of amides is 1. The van der Waals surface area contributed by atoms with Crippen LogP contribution in [-0.2, 0) is 14.6 Å². The van der Waals surface area contributed by atoms with Crippen LogP contribution in [0.5, 0.6) is 0 Å². The molecule has 0 spiro atoms. The third-order valence-corrected chi connectivity index (χ3v) is 5.21. The molecule has 0 aromatic heterocycles. The van der Waals surface area contributed by atoms with Gasteiger partial charge in [-0.3, -0.25) is 4.79 Å². The second-order valence-electron chi connectivity index (χ2n) is 6.79. The van der Waals surface area contributed by atoms with E-state index in [0.717, 1.165) is 6.42 Å². The van der Waals surface area contributed by atoms with E-state index in [1.807, 2.05) is 0 Å². The first-order valence-electron chi connectivity index (χ1n) is 6.72. The van der Waals surface area contributed by atoms with Crippen molar-refractivity contribution in [2.24, 2.45) is 11.1 Å². The number of hydrogen-bond donors (Lipinski definition) is 1. The fourth-order valence-electron chi connectivity index (χ4n) is 2.51. The molecule has 1 aliphatic rings. The fraction of sp³-hybridized carbons (Fsp3) is 0.923. The summed E-state index contributed by atoms with van der Waals surface area (Å²) in [6.45, 7) is 6.26. The van der Waals surface area contributed by atoms with Gasteiger partial charge in [-0.25, -0.2) is 8.42 Å². The van der Waals surface area contributed by atoms with Gasteiger partial charge in [0.1, 0.15) is 0 Å². The number of carbonyl (C=O) groups is 1. The van der Waals surface area contributed by atoms with Crippen molar-refractivity contribution >= 4 is 15.7 Å². The van der Waals surface area contributed by atoms with E-state index in [1.165, 1.54) is 0 Å². The van der Waals surface area contributed by atoms with Gasteiger partial charge in [-0.05, 0) is 18.3 Å². The Morgan fingerprint density at radius 1 is 1.42 bits per heavy atom. The number of nitrogens with zero attached hydrogens (tertiary/aromatic N) is 1. The molecule has 0 bridgehead atoms. The monoisotopic (exact) mass is 290 g/mol. The van der Waals surface area contributed by atoms with Gasteiger partial charge in [0.2, 0.25) is 5.91 Å². The Bertz CT molecular complexity index is 426. The fourth-order valence-corrected chi connectivity index (χ4v) is 4.29. The molecule has 1 heterocycles. The van der Waals surface area contributed by atoms with E-state index in [1.54, 1.807) is 11.9 Å². The van der Waals surface area contributed by atoms with Crippen LogP contribution < -0.4 is 5.73 Å². The molecule has 6 heteroatoms. The highest BCUT2D eigenvalue weighted by Crippen LogP contribution is 2.22. The highest BCUT2D eigenvalue weighted by atomic mass is 32.2. The second-order valence-corrected chi connectivity index (χ2v) is 9.02. The van der Waals surface area contributed by atoms with Crippen molar-refractivity contribution in [3.63, 3.8) is 0 Å². The summed E-state index contributed by atoms with van der Waals surface area (Å²) < 4.78 is 22.8. The predicted molar refractivity (Wildman–Crippen MR) is 76.5 cm³/mol. The van der Waals surface area contributed by atoms with Crippen LogP contribution in [0, 0.1) is 5.41 Å². The van der Waals surface area contributed by atoms with Crippen molar-refractivity contribution in [2.45, 2.75) is 52.1 Å². The van der Waals surface area contributed by atoms with Gasteiger partial charge in [-0.1, -0.05) is 20.8 Å². The molecular formula is C13H26N2O3S. The molecule has 2 unspecified atom stereocenters. The maximum atomic E-state index is 12.1. The lowest BCUT2D eigenvalue weighted by atomic mass is 9.87. The Hall–Kier alpha value is -0.620. The lowest BCUT2D eigenvalue weighted by molar-refractivity contribution is -0.132. The molecule has 2 N–H and O–H groups in total. The van der Waals surface area contributed by atoms with E-state index in [-0.39, 0.29) is 41.3 Å². The Morgan fingerprint density at radius 2 is 2.00 bits per heavy atom. The van der Waals surface area contributed by atoms with Gasteiger partial charge in [0, 0.05) is 25.6 Å². The number of carbonyl (C=O) groups excluding carboxylic acids is 1. The van der Waals surface area contributed by atoms with Gasteiger partial charge < -0.3 is 10.6 Å². The summed E-state index contributed by atoms with van der Waals surface area (Å²) in [4.78, 5) is 13.7. The van der Waals surface area contributed by atoms with Crippen molar-refractivity contribution < 1.29 is 13.2 Å². The summed E-state index contributed by atoms with van der Waals surface area (Å²) in [6, 6.07) is -0.354. The third-order valence-electron chi connectivity index (χ3n) is 3.46. The molecule has 1 rings (SSSR count). The molecule has 5 nitrogen and oxygen atoms in total. The Kier molecular flexibility index (Phi) is 5.01. The first kappa shape index (κ1) is 16.4. The molecule has 1 saturated heterocycles. The van der Waals surface area contributed by atoms with Crippen LogP contribution in [0.4, 0.5) is 0 Å². The van der Waals surface area contributed by atoms with Crippen LogP contribution in [0.15, 0.2) is 0 Å². The summed E-state index contributed by atoms with van der Waals surface area (Å²) in [5.74, 6) is 0.214. The number of rotatable bonds is 4. The topological polar surface area (TPSA) is 80.5 Å². The minimum absolute atomic E-state index is 0.0566. The average molecular weight is 290 g/mol. The molecule has 2 atom stereocenters. The van der Waals surface area contributed by atoms with Crippen LogP contribution >= 0.6 is 0 Å². The molecule has 0 saturated carbocycles. The first-order chi connectivity index (χ1) is 8.50. The number of nitrogens with two attached hydrogens (primary N) is 1. The van der Waals surface area contributed by atoms with Gasteiger partial charge in [0.15, 0.2) is 9.84 Å². The normalized spacial score (nSPS) is 24.2. The molecule has 19 heavy (non-hydrogen) atoms. The van der Waals surface area contributed by atoms with Crippen molar-refractivity contribution in [1.82, 2.24) is 4.90 Å². The van der Waals surface area contributed by atoms with E-state index in [9.17, 15) is 13.2 Å². The molecule has 112 valence electrons.